The van der Waals surface area contributed by atoms with Crippen molar-refractivity contribution in [3.63, 3.8) is 0 Å². The first-order chi connectivity index (χ1) is 7.10. The molecule has 0 spiro atoms. The zero-order chi connectivity index (χ0) is 11.4. The van der Waals surface area contributed by atoms with Crippen LogP contribution in [-0.2, 0) is 0 Å². The monoisotopic (exact) mass is 247 g/mol. The summed E-state index contributed by atoms with van der Waals surface area (Å²) in [4.78, 5) is 0. The summed E-state index contributed by atoms with van der Waals surface area (Å²) in [5.74, 6) is -0.517. The van der Waals surface area contributed by atoms with Crippen LogP contribution in [0.15, 0.2) is 24.8 Å². The van der Waals surface area contributed by atoms with E-state index < -0.39 is 11.9 Å². The highest BCUT2D eigenvalue weighted by molar-refractivity contribution is 5.85. The van der Waals surface area contributed by atoms with E-state index in [-0.39, 0.29) is 23.9 Å². The summed E-state index contributed by atoms with van der Waals surface area (Å²) < 4.78 is 17.9. The van der Waals surface area contributed by atoms with Crippen LogP contribution in [0.5, 0.6) is 11.5 Å². The summed E-state index contributed by atoms with van der Waals surface area (Å²) in [5.41, 5.74) is 6.07. The maximum absolute atomic E-state index is 13.1. The Kier molecular flexibility index (Phi) is 5.85. The highest BCUT2D eigenvalue weighted by Gasteiger charge is 2.15. The van der Waals surface area contributed by atoms with Gasteiger partial charge in [-0.25, -0.2) is 4.39 Å². The molecule has 3 N–H and O–H groups in total. The number of halogens is 2. The van der Waals surface area contributed by atoms with Crippen LogP contribution in [0.3, 0.4) is 0 Å². The molecule has 0 amide bonds. The minimum atomic E-state index is -0.487. The van der Waals surface area contributed by atoms with Gasteiger partial charge in [-0.3, -0.25) is 0 Å². The van der Waals surface area contributed by atoms with E-state index in [0.29, 0.717) is 12.0 Å². The van der Waals surface area contributed by atoms with E-state index in [9.17, 15) is 9.50 Å². The second-order valence-corrected chi connectivity index (χ2v) is 3.18. The van der Waals surface area contributed by atoms with E-state index in [2.05, 4.69) is 6.58 Å². The quantitative estimate of drug-likeness (QED) is 0.804. The van der Waals surface area contributed by atoms with Gasteiger partial charge in [0.25, 0.3) is 0 Å². The van der Waals surface area contributed by atoms with E-state index in [1.54, 1.807) is 6.08 Å². The lowest BCUT2D eigenvalue weighted by Gasteiger charge is -2.14. The molecule has 0 aliphatic rings. The molecule has 0 fully saturated rings. The molecule has 0 unspecified atom stereocenters. The minimum absolute atomic E-state index is 0. The fraction of sp³-hybridized carbons (Fsp3) is 0.273. The van der Waals surface area contributed by atoms with Crippen LogP contribution < -0.4 is 10.5 Å². The molecule has 1 aromatic rings. The van der Waals surface area contributed by atoms with Crippen LogP contribution in [0.4, 0.5) is 4.39 Å². The largest absolute Gasteiger partial charge is 0.504 e. The fourth-order valence-electron chi connectivity index (χ4n) is 1.34. The molecule has 3 nitrogen and oxygen atoms in total. The van der Waals surface area contributed by atoms with E-state index in [0.717, 1.165) is 6.07 Å². The number of ether oxygens (including phenoxy) is 1. The first kappa shape index (κ1) is 14.7. The van der Waals surface area contributed by atoms with Crippen molar-refractivity contribution in [3.8, 4) is 11.5 Å². The van der Waals surface area contributed by atoms with Crippen molar-refractivity contribution in [2.45, 2.75) is 12.5 Å². The predicted octanol–water partition coefficient (Wildman–Crippen LogP) is 2.54. The first-order valence-electron chi connectivity index (χ1n) is 4.53. The van der Waals surface area contributed by atoms with Gasteiger partial charge in [-0.2, -0.15) is 0 Å². The molecule has 0 saturated heterocycles. The molecule has 0 saturated carbocycles. The Morgan fingerprint density at radius 1 is 1.62 bits per heavy atom. The Labute approximate surface area is 100 Å². The molecular formula is C11H15ClFNO2. The van der Waals surface area contributed by atoms with Gasteiger partial charge in [0.1, 0.15) is 5.82 Å². The van der Waals surface area contributed by atoms with E-state index in [1.807, 2.05) is 0 Å². The van der Waals surface area contributed by atoms with Gasteiger partial charge < -0.3 is 15.6 Å². The molecular weight excluding hydrogens is 233 g/mol. The van der Waals surface area contributed by atoms with Gasteiger partial charge in [-0.05, 0) is 12.5 Å². The number of nitrogens with two attached hydrogens (primary N) is 1. The molecule has 0 radical (unpaired) electrons. The Morgan fingerprint density at radius 2 is 2.25 bits per heavy atom. The lowest BCUT2D eigenvalue weighted by molar-refractivity contribution is 0.365. The fourth-order valence-corrected chi connectivity index (χ4v) is 1.34. The normalized spacial score (nSPS) is 11.4. The highest BCUT2D eigenvalue weighted by atomic mass is 35.5. The number of hydrogen-bond donors (Lipinski definition) is 2. The smallest absolute Gasteiger partial charge is 0.163 e. The van der Waals surface area contributed by atoms with Crippen LogP contribution >= 0.6 is 12.4 Å². The van der Waals surface area contributed by atoms with Crippen molar-refractivity contribution in [3.05, 3.63) is 36.2 Å². The molecule has 0 bridgehead atoms. The highest BCUT2D eigenvalue weighted by Crippen LogP contribution is 2.34. The topological polar surface area (TPSA) is 55.5 Å². The summed E-state index contributed by atoms with van der Waals surface area (Å²) >= 11 is 0. The summed E-state index contributed by atoms with van der Waals surface area (Å²) in [6, 6.07) is 1.83. The predicted molar refractivity (Wildman–Crippen MR) is 63.6 cm³/mol. The molecule has 0 aliphatic heterocycles. The van der Waals surface area contributed by atoms with Gasteiger partial charge in [-0.1, -0.05) is 6.08 Å². The summed E-state index contributed by atoms with van der Waals surface area (Å²) in [6.45, 7) is 3.53. The van der Waals surface area contributed by atoms with Crippen LogP contribution in [-0.4, -0.2) is 12.2 Å². The summed E-state index contributed by atoms with van der Waals surface area (Å²) in [6.07, 6.45) is 2.07. The van der Waals surface area contributed by atoms with Gasteiger partial charge >= 0.3 is 0 Å². The van der Waals surface area contributed by atoms with Crippen molar-refractivity contribution >= 4 is 12.4 Å². The third-order valence-corrected chi connectivity index (χ3v) is 2.11. The minimum Gasteiger partial charge on any atom is -0.504 e. The van der Waals surface area contributed by atoms with Gasteiger partial charge in [0, 0.05) is 17.7 Å². The van der Waals surface area contributed by atoms with E-state index in [4.69, 9.17) is 10.5 Å². The second-order valence-electron chi connectivity index (χ2n) is 3.18. The van der Waals surface area contributed by atoms with Gasteiger partial charge in [-0.15, -0.1) is 19.0 Å². The SMILES string of the molecule is C=CC[C@@H](N)c1cc(F)cc(OC)c1O.Cl. The average Bonchev–Trinajstić information content (AvgIpc) is 2.21. The number of hydrogen-bond acceptors (Lipinski definition) is 3. The number of benzene rings is 1. The van der Waals surface area contributed by atoms with Crippen molar-refractivity contribution in [2.75, 3.05) is 7.11 Å². The number of aromatic hydroxyl groups is 1. The lowest BCUT2D eigenvalue weighted by Crippen LogP contribution is -2.10. The van der Waals surface area contributed by atoms with Crippen molar-refractivity contribution in [2.24, 2.45) is 5.73 Å². The second kappa shape index (κ2) is 6.35. The van der Waals surface area contributed by atoms with Crippen LogP contribution in [0, 0.1) is 5.82 Å². The number of rotatable bonds is 4. The van der Waals surface area contributed by atoms with Crippen LogP contribution in [0.25, 0.3) is 0 Å². The average molecular weight is 248 g/mol. The molecule has 5 heteroatoms. The lowest BCUT2D eigenvalue weighted by atomic mass is 10.0. The maximum Gasteiger partial charge on any atom is 0.163 e. The Balaban J connectivity index is 0.00000225. The summed E-state index contributed by atoms with van der Waals surface area (Å²) in [5, 5.41) is 9.70. The maximum atomic E-state index is 13.1. The number of phenolic OH excluding ortho intramolecular Hbond substituents is 1. The van der Waals surface area contributed by atoms with E-state index >= 15 is 0 Å². The molecule has 0 aliphatic carbocycles. The molecule has 1 atom stereocenters. The van der Waals surface area contributed by atoms with Crippen molar-refractivity contribution < 1.29 is 14.2 Å². The molecule has 0 aromatic heterocycles. The standard InChI is InChI=1S/C11H14FNO2.ClH/c1-3-4-9(13)8-5-7(12)6-10(15-2)11(8)14;/h3,5-6,9,14H,1,4,13H2,2H3;1H/t9-;/m1./s1. The molecule has 90 valence electrons. The zero-order valence-electron chi connectivity index (χ0n) is 8.94. The van der Waals surface area contributed by atoms with Crippen LogP contribution in [0.2, 0.25) is 0 Å². The molecule has 1 aromatic carbocycles. The van der Waals surface area contributed by atoms with Gasteiger partial charge in [0.2, 0.25) is 0 Å². The van der Waals surface area contributed by atoms with Crippen molar-refractivity contribution in [1.29, 1.82) is 0 Å². The van der Waals surface area contributed by atoms with Crippen LogP contribution in [0.1, 0.15) is 18.0 Å². The summed E-state index contributed by atoms with van der Waals surface area (Å²) in [7, 11) is 1.36. The molecule has 16 heavy (non-hydrogen) atoms. The van der Waals surface area contributed by atoms with E-state index in [1.165, 1.54) is 13.2 Å². The third kappa shape index (κ3) is 3.12. The Morgan fingerprint density at radius 3 is 2.75 bits per heavy atom. The van der Waals surface area contributed by atoms with Crippen molar-refractivity contribution in [1.82, 2.24) is 0 Å². The third-order valence-electron chi connectivity index (χ3n) is 2.11. The molecule has 1 rings (SSSR count). The van der Waals surface area contributed by atoms with Gasteiger partial charge in [0.05, 0.1) is 7.11 Å². The molecule has 0 heterocycles. The zero-order valence-corrected chi connectivity index (χ0v) is 9.76. The Bertz CT molecular complexity index is 371. The van der Waals surface area contributed by atoms with Gasteiger partial charge in [0.15, 0.2) is 11.5 Å². The number of phenols is 1. The Hall–Kier alpha value is -1.26. The number of methoxy groups -OCH3 is 1. The first-order valence-corrected chi connectivity index (χ1v) is 4.53.